The predicted octanol–water partition coefficient (Wildman–Crippen LogP) is 2.99. The molecule has 21 heavy (non-hydrogen) atoms. The molecule has 1 aliphatic heterocycles. The van der Waals surface area contributed by atoms with Crippen molar-refractivity contribution in [3.63, 3.8) is 0 Å². The molecule has 4 nitrogen and oxygen atoms in total. The van der Waals surface area contributed by atoms with Crippen molar-refractivity contribution in [1.29, 1.82) is 0 Å². The molecule has 0 saturated carbocycles. The van der Waals surface area contributed by atoms with E-state index in [0.29, 0.717) is 23.2 Å². The van der Waals surface area contributed by atoms with Gasteiger partial charge in [-0.05, 0) is 43.1 Å². The Kier molecular flexibility index (Phi) is 3.83. The number of aromatic nitrogens is 1. The number of benzene rings is 1. The number of nitrogens with one attached hydrogen (secondary N) is 2. The van der Waals surface area contributed by atoms with Gasteiger partial charge < -0.3 is 10.6 Å². The fourth-order valence-corrected chi connectivity index (χ4v) is 3.20. The molecule has 2 heterocycles. The van der Waals surface area contributed by atoms with Crippen LogP contribution in [0.2, 0.25) is 5.02 Å². The van der Waals surface area contributed by atoms with Gasteiger partial charge in [-0.25, -0.2) is 0 Å². The zero-order valence-corrected chi connectivity index (χ0v) is 12.9. The molecule has 1 aromatic carbocycles. The van der Waals surface area contributed by atoms with Gasteiger partial charge in [0.05, 0.1) is 22.1 Å². The average molecular weight is 304 g/mol. The fraction of sp³-hybridized carbons (Fsp3) is 0.375. The molecule has 1 fully saturated rings. The molecule has 110 valence electrons. The first-order valence-corrected chi connectivity index (χ1v) is 7.51. The van der Waals surface area contributed by atoms with E-state index in [1.165, 1.54) is 0 Å². The summed E-state index contributed by atoms with van der Waals surface area (Å²) in [7, 11) is 0. The Morgan fingerprint density at radius 3 is 3.00 bits per heavy atom. The minimum atomic E-state index is -0.0194. The number of hydrogen-bond acceptors (Lipinski definition) is 3. The summed E-state index contributed by atoms with van der Waals surface area (Å²) in [4.78, 5) is 16.9. The first-order valence-electron chi connectivity index (χ1n) is 7.13. The van der Waals surface area contributed by atoms with Crippen LogP contribution in [-0.2, 0) is 4.79 Å². The largest absolute Gasteiger partial charge is 0.324 e. The third kappa shape index (κ3) is 2.61. The van der Waals surface area contributed by atoms with E-state index in [4.69, 9.17) is 11.6 Å². The molecule has 3 rings (SSSR count). The molecule has 0 bridgehead atoms. The molecule has 1 amide bonds. The minimum Gasteiger partial charge on any atom is -0.324 e. The van der Waals surface area contributed by atoms with Crippen LogP contribution in [0.25, 0.3) is 10.9 Å². The zero-order valence-electron chi connectivity index (χ0n) is 12.1. The van der Waals surface area contributed by atoms with Crippen molar-refractivity contribution in [3.05, 3.63) is 35.0 Å². The van der Waals surface area contributed by atoms with E-state index in [2.05, 4.69) is 22.5 Å². The highest BCUT2D eigenvalue weighted by atomic mass is 35.5. The second-order valence-electron chi connectivity index (χ2n) is 5.68. The standard InChI is InChI=1S/C16H18ClN3O/c1-9-6-13(17)15(11-4-3-5-19-14(9)11)20-16(21)12-8-18-7-10(12)2/h3-6,10,12,18H,7-8H2,1-2H3,(H,20,21)/t10-,12-/m1/s1. The van der Waals surface area contributed by atoms with Crippen molar-refractivity contribution in [2.75, 3.05) is 18.4 Å². The number of nitrogens with zero attached hydrogens (tertiary/aromatic N) is 1. The molecule has 2 N–H and O–H groups in total. The van der Waals surface area contributed by atoms with Crippen LogP contribution < -0.4 is 10.6 Å². The van der Waals surface area contributed by atoms with E-state index in [9.17, 15) is 4.79 Å². The molecule has 5 heteroatoms. The highest BCUT2D eigenvalue weighted by Crippen LogP contribution is 2.33. The van der Waals surface area contributed by atoms with Crippen LogP contribution >= 0.6 is 11.6 Å². The van der Waals surface area contributed by atoms with Gasteiger partial charge in [0, 0.05) is 18.1 Å². The summed E-state index contributed by atoms with van der Waals surface area (Å²) in [6.45, 7) is 5.64. The molecular formula is C16H18ClN3O. The maximum Gasteiger partial charge on any atom is 0.229 e. The maximum absolute atomic E-state index is 12.5. The molecule has 1 saturated heterocycles. The highest BCUT2D eigenvalue weighted by Gasteiger charge is 2.30. The number of fused-ring (bicyclic) bond motifs is 1. The van der Waals surface area contributed by atoms with Crippen molar-refractivity contribution in [3.8, 4) is 0 Å². The third-order valence-corrected chi connectivity index (χ3v) is 4.43. The summed E-state index contributed by atoms with van der Waals surface area (Å²) in [5, 5.41) is 7.68. The van der Waals surface area contributed by atoms with Crippen LogP contribution in [0.1, 0.15) is 12.5 Å². The summed E-state index contributed by atoms with van der Waals surface area (Å²) in [5.41, 5.74) is 2.54. The van der Waals surface area contributed by atoms with Gasteiger partial charge in [0.2, 0.25) is 5.91 Å². The smallest absolute Gasteiger partial charge is 0.229 e. The Hall–Kier alpha value is -1.65. The first-order chi connectivity index (χ1) is 10.1. The third-order valence-electron chi connectivity index (χ3n) is 4.14. The predicted molar refractivity (Wildman–Crippen MR) is 85.6 cm³/mol. The van der Waals surface area contributed by atoms with E-state index in [1.54, 1.807) is 6.20 Å². The highest BCUT2D eigenvalue weighted by molar-refractivity contribution is 6.35. The average Bonchev–Trinajstić information content (AvgIpc) is 2.89. The lowest BCUT2D eigenvalue weighted by Gasteiger charge is -2.17. The Labute approximate surface area is 128 Å². The molecule has 0 aliphatic carbocycles. The Balaban J connectivity index is 1.99. The van der Waals surface area contributed by atoms with E-state index >= 15 is 0 Å². The fourth-order valence-electron chi connectivity index (χ4n) is 2.88. The molecule has 0 radical (unpaired) electrons. The number of amides is 1. The summed E-state index contributed by atoms with van der Waals surface area (Å²) in [5.74, 6) is 0.330. The minimum absolute atomic E-state index is 0.0170. The Bertz CT molecular complexity index is 701. The van der Waals surface area contributed by atoms with Crippen LogP contribution in [-0.4, -0.2) is 24.0 Å². The Morgan fingerprint density at radius 1 is 1.48 bits per heavy atom. The number of halogens is 1. The summed E-state index contributed by atoms with van der Waals surface area (Å²) < 4.78 is 0. The van der Waals surface area contributed by atoms with Crippen LogP contribution in [0.3, 0.4) is 0 Å². The number of carbonyl (C=O) groups excluding carboxylic acids is 1. The van der Waals surface area contributed by atoms with Crippen molar-refractivity contribution in [2.24, 2.45) is 11.8 Å². The lowest BCUT2D eigenvalue weighted by Crippen LogP contribution is -2.28. The van der Waals surface area contributed by atoms with Crippen molar-refractivity contribution < 1.29 is 4.79 Å². The van der Waals surface area contributed by atoms with Gasteiger partial charge in [0.1, 0.15) is 0 Å². The Morgan fingerprint density at radius 2 is 2.29 bits per heavy atom. The number of pyridine rings is 1. The number of anilines is 1. The van der Waals surface area contributed by atoms with Crippen LogP contribution in [0.15, 0.2) is 24.4 Å². The van der Waals surface area contributed by atoms with Crippen molar-refractivity contribution in [1.82, 2.24) is 10.3 Å². The van der Waals surface area contributed by atoms with Crippen molar-refractivity contribution in [2.45, 2.75) is 13.8 Å². The van der Waals surface area contributed by atoms with Crippen LogP contribution in [0.5, 0.6) is 0 Å². The van der Waals surface area contributed by atoms with Crippen LogP contribution in [0, 0.1) is 18.8 Å². The molecule has 2 atom stereocenters. The molecule has 0 unspecified atom stereocenters. The summed E-state index contributed by atoms with van der Waals surface area (Å²) in [6.07, 6.45) is 1.75. The van der Waals surface area contributed by atoms with Crippen molar-refractivity contribution >= 4 is 34.1 Å². The van der Waals surface area contributed by atoms with E-state index in [-0.39, 0.29) is 11.8 Å². The van der Waals surface area contributed by atoms with Gasteiger partial charge in [-0.3, -0.25) is 9.78 Å². The van der Waals surface area contributed by atoms with Gasteiger partial charge in [-0.2, -0.15) is 0 Å². The zero-order chi connectivity index (χ0) is 15.0. The van der Waals surface area contributed by atoms with E-state index < -0.39 is 0 Å². The molecule has 0 spiro atoms. The summed E-state index contributed by atoms with van der Waals surface area (Å²) in [6, 6.07) is 5.64. The van der Waals surface area contributed by atoms with Gasteiger partial charge in [0.25, 0.3) is 0 Å². The van der Waals surface area contributed by atoms with E-state index in [1.807, 2.05) is 25.1 Å². The lowest BCUT2D eigenvalue weighted by molar-refractivity contribution is -0.120. The number of hydrogen-bond donors (Lipinski definition) is 2. The molecular weight excluding hydrogens is 286 g/mol. The van der Waals surface area contributed by atoms with Crippen LogP contribution in [0.4, 0.5) is 5.69 Å². The topological polar surface area (TPSA) is 54.0 Å². The van der Waals surface area contributed by atoms with Gasteiger partial charge in [-0.15, -0.1) is 0 Å². The quantitative estimate of drug-likeness (QED) is 0.897. The SMILES string of the molecule is Cc1cc(Cl)c(NC(=O)[C@@H]2CNC[C@H]2C)c2cccnc12. The van der Waals surface area contributed by atoms with Gasteiger partial charge in [0.15, 0.2) is 0 Å². The monoisotopic (exact) mass is 303 g/mol. The first kappa shape index (κ1) is 14.3. The maximum atomic E-state index is 12.5. The van der Waals surface area contributed by atoms with E-state index in [0.717, 1.165) is 23.0 Å². The van der Waals surface area contributed by atoms with Gasteiger partial charge >= 0.3 is 0 Å². The molecule has 1 aliphatic rings. The number of rotatable bonds is 2. The normalized spacial score (nSPS) is 21.7. The molecule has 2 aromatic rings. The summed E-state index contributed by atoms with van der Waals surface area (Å²) >= 11 is 6.34. The number of aryl methyl sites for hydroxylation is 1. The molecule has 1 aromatic heterocycles. The second kappa shape index (κ2) is 5.62. The van der Waals surface area contributed by atoms with Gasteiger partial charge in [-0.1, -0.05) is 18.5 Å². The second-order valence-corrected chi connectivity index (χ2v) is 6.09. The number of carbonyl (C=O) groups is 1. The lowest BCUT2D eigenvalue weighted by atomic mass is 9.97.